The molecule has 29 heavy (non-hydrogen) atoms. The number of ether oxygens (including phenoxy) is 4. The fourth-order valence-electron chi connectivity index (χ4n) is 3.13. The van der Waals surface area contributed by atoms with Gasteiger partial charge in [-0.3, -0.25) is 4.79 Å². The normalized spacial score (nSPS) is 10.8. The topological polar surface area (TPSA) is 67.1 Å². The molecule has 1 heterocycles. The van der Waals surface area contributed by atoms with Crippen molar-refractivity contribution >= 4 is 11.0 Å². The van der Waals surface area contributed by atoms with Gasteiger partial charge in [-0.25, -0.2) is 0 Å². The lowest BCUT2D eigenvalue weighted by Gasteiger charge is -2.14. The summed E-state index contributed by atoms with van der Waals surface area (Å²) in [5.41, 5.74) is 0.995. The number of rotatable bonds is 9. The first kappa shape index (κ1) is 20.6. The minimum atomic E-state index is -0.144. The van der Waals surface area contributed by atoms with Gasteiger partial charge in [-0.15, -0.1) is 0 Å². The summed E-state index contributed by atoms with van der Waals surface area (Å²) >= 11 is 0. The average molecular weight is 398 g/mol. The van der Waals surface area contributed by atoms with Crippen LogP contribution in [-0.2, 0) is 0 Å². The van der Waals surface area contributed by atoms with Crippen molar-refractivity contribution in [2.75, 3.05) is 27.9 Å². The smallest absolute Gasteiger partial charge is 0.203 e. The number of methoxy groups -OCH3 is 3. The minimum absolute atomic E-state index is 0.144. The Morgan fingerprint density at radius 1 is 0.897 bits per heavy atom. The van der Waals surface area contributed by atoms with Crippen molar-refractivity contribution in [1.29, 1.82) is 0 Å². The van der Waals surface area contributed by atoms with Crippen LogP contribution in [0.15, 0.2) is 45.6 Å². The molecule has 0 spiro atoms. The average Bonchev–Trinajstić information content (AvgIpc) is 2.75. The number of benzene rings is 2. The maximum Gasteiger partial charge on any atom is 0.203 e. The van der Waals surface area contributed by atoms with Gasteiger partial charge in [-0.2, -0.15) is 0 Å². The van der Waals surface area contributed by atoms with E-state index in [2.05, 4.69) is 6.92 Å². The molecule has 0 aliphatic carbocycles. The van der Waals surface area contributed by atoms with Gasteiger partial charge in [0.1, 0.15) is 17.1 Å². The van der Waals surface area contributed by atoms with E-state index in [1.54, 1.807) is 38.5 Å². The number of fused-ring (bicyclic) bond motifs is 1. The van der Waals surface area contributed by atoms with E-state index in [-0.39, 0.29) is 5.43 Å². The zero-order valence-electron chi connectivity index (χ0n) is 17.2. The van der Waals surface area contributed by atoms with Gasteiger partial charge in [0.15, 0.2) is 16.9 Å². The van der Waals surface area contributed by atoms with Gasteiger partial charge >= 0.3 is 0 Å². The lowest BCUT2D eigenvalue weighted by atomic mass is 10.1. The molecule has 0 saturated heterocycles. The Labute approximate surface area is 170 Å². The summed E-state index contributed by atoms with van der Waals surface area (Å²) in [4.78, 5) is 12.7. The van der Waals surface area contributed by atoms with Crippen LogP contribution in [0.1, 0.15) is 26.2 Å². The maximum absolute atomic E-state index is 12.7. The predicted molar refractivity (Wildman–Crippen MR) is 113 cm³/mol. The quantitative estimate of drug-likeness (QED) is 0.470. The van der Waals surface area contributed by atoms with Crippen LogP contribution in [0.25, 0.3) is 22.3 Å². The van der Waals surface area contributed by atoms with Gasteiger partial charge < -0.3 is 23.4 Å². The Morgan fingerprint density at radius 3 is 2.24 bits per heavy atom. The number of hydrogen-bond donors (Lipinski definition) is 0. The Kier molecular flexibility index (Phi) is 6.65. The van der Waals surface area contributed by atoms with E-state index in [9.17, 15) is 4.79 Å². The van der Waals surface area contributed by atoms with E-state index < -0.39 is 0 Å². The van der Waals surface area contributed by atoms with Gasteiger partial charge in [0.2, 0.25) is 5.75 Å². The van der Waals surface area contributed by atoms with E-state index in [1.165, 1.54) is 13.2 Å². The van der Waals surface area contributed by atoms with Crippen LogP contribution in [0.2, 0.25) is 0 Å². The molecule has 0 saturated carbocycles. The second kappa shape index (κ2) is 9.37. The molecule has 3 aromatic rings. The Balaban J connectivity index is 1.98. The van der Waals surface area contributed by atoms with Crippen LogP contribution in [0.5, 0.6) is 23.0 Å². The summed E-state index contributed by atoms with van der Waals surface area (Å²) in [7, 11) is 4.62. The van der Waals surface area contributed by atoms with Crippen LogP contribution in [0.3, 0.4) is 0 Å². The Morgan fingerprint density at radius 2 is 1.62 bits per heavy atom. The molecule has 0 unspecified atom stereocenters. The van der Waals surface area contributed by atoms with Crippen molar-refractivity contribution in [3.63, 3.8) is 0 Å². The highest BCUT2D eigenvalue weighted by atomic mass is 16.5. The third-order valence-electron chi connectivity index (χ3n) is 4.66. The lowest BCUT2D eigenvalue weighted by Crippen LogP contribution is -2.03. The predicted octanol–water partition coefficient (Wildman–Crippen LogP) is 5.05. The van der Waals surface area contributed by atoms with Crippen molar-refractivity contribution in [3.8, 4) is 34.3 Å². The standard InChI is InChI=1S/C23H26O6/c1-5-6-7-10-28-16-8-9-19-17(13-16)18(24)14-20(29-19)15-11-21(25-2)23(27-4)22(12-15)26-3/h8-9,11-14H,5-7,10H2,1-4H3. The molecule has 154 valence electrons. The third-order valence-corrected chi connectivity index (χ3v) is 4.66. The van der Waals surface area contributed by atoms with E-state index in [0.717, 1.165) is 19.3 Å². The van der Waals surface area contributed by atoms with Crippen molar-refractivity contribution in [1.82, 2.24) is 0 Å². The van der Waals surface area contributed by atoms with Crippen LogP contribution in [-0.4, -0.2) is 27.9 Å². The van der Waals surface area contributed by atoms with E-state index >= 15 is 0 Å². The second-order valence-corrected chi connectivity index (χ2v) is 6.60. The fourth-order valence-corrected chi connectivity index (χ4v) is 3.13. The minimum Gasteiger partial charge on any atom is -0.494 e. The molecule has 0 fully saturated rings. The highest BCUT2D eigenvalue weighted by Crippen LogP contribution is 2.41. The summed E-state index contributed by atoms with van der Waals surface area (Å²) in [6, 6.07) is 10.3. The molecule has 0 atom stereocenters. The molecule has 2 aromatic carbocycles. The first-order chi connectivity index (χ1) is 14.1. The SMILES string of the molecule is CCCCCOc1ccc2oc(-c3cc(OC)c(OC)c(OC)c3)cc(=O)c2c1. The van der Waals surface area contributed by atoms with Crippen LogP contribution in [0, 0.1) is 0 Å². The van der Waals surface area contributed by atoms with E-state index in [0.29, 0.717) is 51.9 Å². The Hall–Kier alpha value is -3.15. The maximum atomic E-state index is 12.7. The highest BCUT2D eigenvalue weighted by molar-refractivity contribution is 5.80. The van der Waals surface area contributed by atoms with Crippen molar-refractivity contribution in [3.05, 3.63) is 46.6 Å². The third kappa shape index (κ3) is 4.47. The highest BCUT2D eigenvalue weighted by Gasteiger charge is 2.16. The monoisotopic (exact) mass is 398 g/mol. The fraction of sp³-hybridized carbons (Fsp3) is 0.348. The number of unbranched alkanes of at least 4 members (excludes halogenated alkanes) is 2. The molecule has 6 nitrogen and oxygen atoms in total. The number of hydrogen-bond acceptors (Lipinski definition) is 6. The molecule has 1 aromatic heterocycles. The lowest BCUT2D eigenvalue weighted by molar-refractivity contribution is 0.306. The van der Waals surface area contributed by atoms with E-state index in [1.807, 2.05) is 6.07 Å². The molecule has 6 heteroatoms. The Bertz CT molecular complexity index is 1010. The van der Waals surface area contributed by atoms with Gasteiger partial charge in [0.05, 0.1) is 33.3 Å². The molecule has 3 rings (SSSR count). The summed E-state index contributed by atoms with van der Waals surface area (Å²) < 4.78 is 27.9. The zero-order valence-corrected chi connectivity index (χ0v) is 17.2. The summed E-state index contributed by atoms with van der Waals surface area (Å²) in [5.74, 6) is 2.53. The van der Waals surface area contributed by atoms with Gasteiger partial charge in [0, 0.05) is 11.6 Å². The first-order valence-corrected chi connectivity index (χ1v) is 9.62. The largest absolute Gasteiger partial charge is 0.494 e. The zero-order chi connectivity index (χ0) is 20.8. The molecule has 0 N–H and O–H groups in total. The van der Waals surface area contributed by atoms with Gasteiger partial charge in [-0.1, -0.05) is 19.8 Å². The molecular weight excluding hydrogens is 372 g/mol. The molecule has 0 radical (unpaired) electrons. The summed E-state index contributed by atoms with van der Waals surface area (Å²) in [5, 5.41) is 0.481. The molecule has 0 aliphatic rings. The van der Waals surface area contributed by atoms with Crippen LogP contribution in [0.4, 0.5) is 0 Å². The van der Waals surface area contributed by atoms with Crippen molar-refractivity contribution in [2.24, 2.45) is 0 Å². The van der Waals surface area contributed by atoms with Crippen molar-refractivity contribution < 1.29 is 23.4 Å². The molecule has 0 bridgehead atoms. The second-order valence-electron chi connectivity index (χ2n) is 6.60. The molecule has 0 amide bonds. The summed E-state index contributed by atoms with van der Waals surface area (Å²) in [6.45, 7) is 2.78. The first-order valence-electron chi connectivity index (χ1n) is 9.62. The molecular formula is C23H26O6. The van der Waals surface area contributed by atoms with Gasteiger partial charge in [0.25, 0.3) is 0 Å². The summed E-state index contributed by atoms with van der Waals surface area (Å²) in [6.07, 6.45) is 3.24. The van der Waals surface area contributed by atoms with Crippen LogP contribution >= 0.6 is 0 Å². The van der Waals surface area contributed by atoms with Crippen LogP contribution < -0.4 is 24.4 Å². The molecule has 0 aliphatic heterocycles. The van der Waals surface area contributed by atoms with Gasteiger partial charge in [-0.05, 0) is 36.8 Å². The van der Waals surface area contributed by atoms with Crippen molar-refractivity contribution in [2.45, 2.75) is 26.2 Å². The van der Waals surface area contributed by atoms with E-state index in [4.69, 9.17) is 23.4 Å².